The molecule has 0 fully saturated rings. The lowest BCUT2D eigenvalue weighted by Crippen LogP contribution is -2.56. The fraction of sp³-hybridized carbons (Fsp3) is 0.371. The first-order chi connectivity index (χ1) is 44.8. The van der Waals surface area contributed by atoms with Crippen LogP contribution in [0.4, 0.5) is 40.6 Å². The second kappa shape index (κ2) is 32.6. The average molecular weight is 1440 g/mol. The number of benzene rings is 4. The van der Waals surface area contributed by atoms with Crippen LogP contribution < -0.4 is 42.5 Å². The third-order valence-electron chi connectivity index (χ3n) is 13.8. The van der Waals surface area contributed by atoms with E-state index < -0.39 is 128 Å². The second-order valence-electron chi connectivity index (χ2n) is 23.6. The minimum absolute atomic E-state index is 0.0207. The minimum Gasteiger partial charge on any atom is -0.464 e. The first-order valence-electron chi connectivity index (χ1n) is 29.4. The quantitative estimate of drug-likeness (QED) is 0.00661. The number of imidazole rings is 1. The number of fused-ring (bicyclic) bond motifs is 1. The summed E-state index contributed by atoms with van der Waals surface area (Å²) in [4.78, 5) is 114. The molecule has 7 aromatic rings. The normalized spacial score (nSPS) is 12.7. The Bertz CT molecular complexity index is 4100. The van der Waals surface area contributed by atoms with Crippen molar-refractivity contribution in [1.29, 1.82) is 0 Å². The van der Waals surface area contributed by atoms with E-state index in [1.807, 2.05) is 46.3 Å². The molecule has 0 bridgehead atoms. The molecule has 0 radical (unpaired) electrons. The maximum Gasteiger partial charge on any atom is 0.305 e. The SMILES string of the molecule is Cn1cnc2c(F)c(Nc3ccc(Br)cc3Cl)c(C(=O)NOCCOC(=O)CC[C@H](NC(=O)[C@H](CCC(=O)OCCNc3nccc(-c4sc(C(C)(C)C)nc4-c4cccc(NS(=O)(=O)c5c(F)cccc5F)c4F)n3)NC(=O)[C@@H](N)CCC=O)C(=O)NCC(C)(C)C)cc21. The van der Waals surface area contributed by atoms with Gasteiger partial charge < -0.3 is 51.2 Å². The summed E-state index contributed by atoms with van der Waals surface area (Å²) in [7, 11) is -3.34. The highest BCUT2D eigenvalue weighted by Crippen LogP contribution is 2.42. The number of carbonyl (C=O) groups is 7. The summed E-state index contributed by atoms with van der Waals surface area (Å²) in [6, 6.07) is 9.80. The van der Waals surface area contributed by atoms with Gasteiger partial charge in [-0.05, 0) is 79.3 Å². The molecule has 0 saturated heterocycles. The molecule has 4 amide bonds. The predicted octanol–water partition coefficient (Wildman–Crippen LogP) is 8.83. The molecule has 33 heteroatoms. The molecule has 3 heterocycles. The Labute approximate surface area is 560 Å². The lowest BCUT2D eigenvalue weighted by molar-refractivity contribution is -0.146. The number of hydrogen-bond donors (Lipinski definition) is 8. The Balaban J connectivity index is 0.959. The number of aldehydes is 1. The number of nitrogens with one attached hydrogen (secondary N) is 7. The highest BCUT2D eigenvalue weighted by molar-refractivity contribution is 9.10. The topological polar surface area (TPSA) is 348 Å². The van der Waals surface area contributed by atoms with Gasteiger partial charge in [-0.15, -0.1) is 11.3 Å². The Hall–Kier alpha value is -8.69. The molecule has 25 nitrogen and oxygen atoms in total. The lowest BCUT2D eigenvalue weighted by atomic mass is 9.96. The van der Waals surface area contributed by atoms with Crippen LogP contribution in [0.25, 0.3) is 32.9 Å². The number of esters is 2. The van der Waals surface area contributed by atoms with Crippen molar-refractivity contribution >= 4 is 125 Å². The van der Waals surface area contributed by atoms with Crippen molar-refractivity contribution in [3.63, 3.8) is 0 Å². The smallest absolute Gasteiger partial charge is 0.305 e. The van der Waals surface area contributed by atoms with Gasteiger partial charge in [0.05, 0.1) is 73.4 Å². The van der Waals surface area contributed by atoms with Gasteiger partial charge in [0.25, 0.3) is 15.9 Å². The van der Waals surface area contributed by atoms with Crippen LogP contribution in [-0.2, 0) is 65.6 Å². The zero-order valence-corrected chi connectivity index (χ0v) is 56.4. The molecule has 508 valence electrons. The fourth-order valence-corrected chi connectivity index (χ4v) is 11.9. The number of hydroxylamine groups is 1. The summed E-state index contributed by atoms with van der Waals surface area (Å²) in [5.74, 6) is -9.73. The van der Waals surface area contributed by atoms with E-state index in [4.69, 9.17) is 36.6 Å². The molecule has 0 aliphatic rings. The zero-order valence-electron chi connectivity index (χ0n) is 52.4. The molecule has 0 aliphatic carbocycles. The molecule has 95 heavy (non-hydrogen) atoms. The van der Waals surface area contributed by atoms with Gasteiger partial charge in [0.15, 0.2) is 16.5 Å². The summed E-state index contributed by atoms with van der Waals surface area (Å²) in [5.41, 5.74) is 6.89. The monoisotopic (exact) mass is 1440 g/mol. The maximum absolute atomic E-state index is 16.4. The van der Waals surface area contributed by atoms with E-state index in [2.05, 4.69) is 62.9 Å². The van der Waals surface area contributed by atoms with Gasteiger partial charge >= 0.3 is 11.9 Å². The van der Waals surface area contributed by atoms with Gasteiger partial charge in [-0.3, -0.25) is 38.3 Å². The Morgan fingerprint density at radius 1 is 0.800 bits per heavy atom. The molecule has 4 aromatic carbocycles. The van der Waals surface area contributed by atoms with E-state index in [-0.39, 0.29) is 102 Å². The molecule has 3 aromatic heterocycles. The summed E-state index contributed by atoms with van der Waals surface area (Å²) in [6.07, 6.45) is 1.53. The van der Waals surface area contributed by atoms with E-state index in [1.54, 1.807) is 25.2 Å². The number of halogens is 6. The van der Waals surface area contributed by atoms with E-state index >= 15 is 8.78 Å². The number of amides is 4. The van der Waals surface area contributed by atoms with Gasteiger partial charge in [-0.25, -0.2) is 51.4 Å². The van der Waals surface area contributed by atoms with Gasteiger partial charge in [0.1, 0.15) is 55.3 Å². The molecule has 0 saturated carbocycles. The maximum atomic E-state index is 16.4. The highest BCUT2D eigenvalue weighted by Gasteiger charge is 2.32. The fourth-order valence-electron chi connectivity index (χ4n) is 8.86. The number of aryl methyl sites for hydroxylation is 1. The lowest BCUT2D eigenvalue weighted by Gasteiger charge is -2.25. The van der Waals surface area contributed by atoms with Crippen LogP contribution in [0.5, 0.6) is 0 Å². The Morgan fingerprint density at radius 3 is 2.13 bits per heavy atom. The number of carbonyl (C=O) groups excluding carboxylic acids is 7. The summed E-state index contributed by atoms with van der Waals surface area (Å²) < 4.78 is 103. The van der Waals surface area contributed by atoms with Crippen molar-refractivity contribution < 1.29 is 73.9 Å². The van der Waals surface area contributed by atoms with Crippen LogP contribution in [0.3, 0.4) is 0 Å². The first-order valence-corrected chi connectivity index (χ1v) is 32.8. The van der Waals surface area contributed by atoms with Crippen molar-refractivity contribution in [2.24, 2.45) is 18.2 Å². The number of sulfonamides is 1. The van der Waals surface area contributed by atoms with Gasteiger partial charge in [-0.1, -0.05) is 81.2 Å². The molecule has 0 spiro atoms. The molecular formula is C62H69BrClF4N13O12S2. The molecule has 0 aliphatic heterocycles. The van der Waals surface area contributed by atoms with Gasteiger partial charge in [0, 0.05) is 54.5 Å². The number of ether oxygens (including phenoxy) is 2. The third-order valence-corrected chi connectivity index (χ3v) is 17.5. The number of aromatic nitrogens is 5. The van der Waals surface area contributed by atoms with Crippen LogP contribution in [0.1, 0.15) is 95.4 Å². The van der Waals surface area contributed by atoms with Crippen molar-refractivity contribution in [2.75, 3.05) is 48.3 Å². The summed E-state index contributed by atoms with van der Waals surface area (Å²) in [6.45, 7) is 10.1. The summed E-state index contributed by atoms with van der Waals surface area (Å²) in [5, 5.41) is 14.3. The van der Waals surface area contributed by atoms with E-state index in [9.17, 15) is 50.8 Å². The average Bonchev–Trinajstić information content (AvgIpc) is 1.72. The number of hydrogen-bond acceptors (Lipinski definition) is 20. The number of rotatable bonds is 31. The molecule has 7 rings (SSSR count). The van der Waals surface area contributed by atoms with Crippen LogP contribution in [0.2, 0.25) is 5.02 Å². The van der Waals surface area contributed by atoms with E-state index in [0.29, 0.717) is 26.2 Å². The Kier molecular flexibility index (Phi) is 25.3. The van der Waals surface area contributed by atoms with E-state index in [0.717, 1.165) is 24.3 Å². The molecule has 3 atom stereocenters. The number of thiazole rings is 1. The van der Waals surface area contributed by atoms with Crippen molar-refractivity contribution in [2.45, 2.75) is 109 Å². The molecule has 0 unspecified atom stereocenters. The number of anilines is 4. The second-order valence-corrected chi connectivity index (χ2v) is 27.5. The predicted molar refractivity (Wildman–Crippen MR) is 349 cm³/mol. The van der Waals surface area contributed by atoms with Gasteiger partial charge in [0.2, 0.25) is 23.7 Å². The number of nitrogens with two attached hydrogens (primary N) is 1. The van der Waals surface area contributed by atoms with Crippen LogP contribution >= 0.6 is 38.9 Å². The van der Waals surface area contributed by atoms with Crippen molar-refractivity contribution in [3.8, 4) is 21.8 Å². The molecule has 9 N–H and O–H groups in total. The standard InChI is InChI=1S/C62H69BrClF4N13O12S2/c1-61(2,3)31-72-57(87)43(18-20-47(84)92-27-28-93-79-55(85)35-30-45-52(73-32-81(45)7)49(68)50(35)74-40-17-16-33(63)29-36(40)64)76-58(88)44(75-56(86)39(69)14-10-25-82)19-21-46(83)91-26-24-71-60-70-23-22-42(77-60)53-51(78-59(94-53)62(4,5)6)34-11-8-15-41(48(34)67)80-95(89,90)54-37(65)12-9-13-38(54)66/h8-9,11-13,15-17,22-23,25,29-30,32,39,43-44,74,80H,10,14,18-21,24,26-28,31,69H2,1-7H3,(H,72,87)(H,75,86)(H,76,88)(H,79,85)(H,70,71,77)/t39-,43-,44-/m0/s1. The number of nitrogens with zero attached hydrogens (tertiary/aromatic N) is 5. The Morgan fingerprint density at radius 2 is 1.46 bits per heavy atom. The first kappa shape index (κ1) is 73.7. The van der Waals surface area contributed by atoms with Crippen molar-refractivity contribution in [1.82, 2.24) is 45.9 Å². The van der Waals surface area contributed by atoms with Crippen molar-refractivity contribution in [3.05, 3.63) is 123 Å². The minimum atomic E-state index is -4.96. The zero-order chi connectivity index (χ0) is 69.5. The highest BCUT2D eigenvalue weighted by atomic mass is 79.9. The third kappa shape index (κ3) is 20.2. The summed E-state index contributed by atoms with van der Waals surface area (Å²) >= 11 is 10.9. The van der Waals surface area contributed by atoms with E-state index in [1.165, 1.54) is 52.7 Å². The largest absolute Gasteiger partial charge is 0.464 e. The van der Waals surface area contributed by atoms with Gasteiger partial charge in [-0.2, -0.15) is 0 Å². The van der Waals surface area contributed by atoms with Crippen LogP contribution in [0.15, 0.2) is 88.6 Å². The van der Waals surface area contributed by atoms with Crippen LogP contribution in [0, 0.1) is 28.7 Å². The van der Waals surface area contributed by atoms with Crippen LogP contribution in [-0.4, -0.2) is 126 Å². The molecular weight excluding hydrogens is 1370 g/mol.